The molecule has 1 amide bonds. The Hall–Kier alpha value is -3.55. The molecule has 1 aliphatic rings. The molecule has 3 aromatic rings. The van der Waals surface area contributed by atoms with Gasteiger partial charge in [-0.05, 0) is 56.3 Å². The molecule has 0 unspecified atom stereocenters. The number of carbonyl (C=O) groups is 1. The van der Waals surface area contributed by atoms with Crippen LogP contribution in [0, 0.1) is 0 Å². The lowest BCUT2D eigenvalue weighted by Crippen LogP contribution is -2.12. The first-order valence-electron chi connectivity index (χ1n) is 8.40. The van der Waals surface area contributed by atoms with Crippen LogP contribution < -0.4 is 19.5 Å². The molecule has 0 atom stereocenters. The van der Waals surface area contributed by atoms with Gasteiger partial charge >= 0.3 is 6.01 Å². The number of nitrogens with one attached hydrogen (secondary N) is 1. The lowest BCUT2D eigenvalue weighted by atomic mass is 10.2. The van der Waals surface area contributed by atoms with Crippen molar-refractivity contribution in [3.63, 3.8) is 0 Å². The second-order valence-electron chi connectivity index (χ2n) is 6.13. The minimum Gasteiger partial charge on any atom is -0.491 e. The fourth-order valence-corrected chi connectivity index (χ4v) is 2.55. The maximum Gasteiger partial charge on any atom is 0.322 e. The Labute approximate surface area is 155 Å². The van der Waals surface area contributed by atoms with E-state index in [0.717, 1.165) is 0 Å². The van der Waals surface area contributed by atoms with E-state index in [0.29, 0.717) is 28.4 Å². The normalized spacial score (nSPS) is 12.3. The lowest BCUT2D eigenvalue weighted by Gasteiger charge is -2.09. The van der Waals surface area contributed by atoms with Crippen LogP contribution in [0.5, 0.6) is 17.2 Å². The van der Waals surface area contributed by atoms with Crippen LogP contribution in [0.4, 0.5) is 6.01 Å². The molecule has 27 heavy (non-hydrogen) atoms. The Morgan fingerprint density at radius 3 is 2.63 bits per heavy atom. The summed E-state index contributed by atoms with van der Waals surface area (Å²) in [5, 5.41) is 10.4. The van der Waals surface area contributed by atoms with Crippen LogP contribution in [-0.2, 0) is 0 Å². The summed E-state index contributed by atoms with van der Waals surface area (Å²) in [5.41, 5.74) is 1.12. The molecule has 0 spiro atoms. The summed E-state index contributed by atoms with van der Waals surface area (Å²) in [4.78, 5) is 12.3. The number of carbonyl (C=O) groups excluding carboxylic acids is 1. The topological polar surface area (TPSA) is 95.7 Å². The molecular formula is C19H17N3O5. The van der Waals surface area contributed by atoms with E-state index in [2.05, 4.69) is 15.5 Å². The number of rotatable bonds is 5. The van der Waals surface area contributed by atoms with Gasteiger partial charge in [0.1, 0.15) is 5.75 Å². The monoisotopic (exact) mass is 367 g/mol. The molecule has 138 valence electrons. The number of hydrogen-bond donors (Lipinski definition) is 1. The minimum atomic E-state index is -0.355. The van der Waals surface area contributed by atoms with Crippen molar-refractivity contribution < 1.29 is 23.4 Å². The van der Waals surface area contributed by atoms with Gasteiger partial charge in [-0.1, -0.05) is 5.10 Å². The van der Waals surface area contributed by atoms with E-state index >= 15 is 0 Å². The predicted molar refractivity (Wildman–Crippen MR) is 96.0 cm³/mol. The highest BCUT2D eigenvalue weighted by Crippen LogP contribution is 2.35. The van der Waals surface area contributed by atoms with Crippen molar-refractivity contribution in [3.05, 3.63) is 48.0 Å². The third-order valence-electron chi connectivity index (χ3n) is 3.75. The molecule has 1 aromatic heterocycles. The van der Waals surface area contributed by atoms with E-state index in [1.165, 1.54) is 0 Å². The fraction of sp³-hybridized carbons (Fsp3) is 0.211. The molecule has 0 saturated heterocycles. The van der Waals surface area contributed by atoms with Gasteiger partial charge < -0.3 is 18.6 Å². The highest BCUT2D eigenvalue weighted by atomic mass is 16.7. The number of aromatic nitrogens is 2. The van der Waals surface area contributed by atoms with Gasteiger partial charge in [-0.2, -0.15) is 0 Å². The number of fused-ring (bicyclic) bond motifs is 1. The van der Waals surface area contributed by atoms with Crippen LogP contribution >= 0.6 is 0 Å². The molecule has 8 nitrogen and oxygen atoms in total. The summed E-state index contributed by atoms with van der Waals surface area (Å²) in [6.07, 6.45) is 0.0673. The fourth-order valence-electron chi connectivity index (χ4n) is 2.55. The summed E-state index contributed by atoms with van der Waals surface area (Å²) in [7, 11) is 0. The van der Waals surface area contributed by atoms with Gasteiger partial charge in [0.05, 0.1) is 6.10 Å². The maximum atomic E-state index is 12.3. The van der Waals surface area contributed by atoms with Crippen LogP contribution in [0.2, 0.25) is 0 Å². The van der Waals surface area contributed by atoms with Crippen molar-refractivity contribution in [2.24, 2.45) is 0 Å². The summed E-state index contributed by atoms with van der Waals surface area (Å²) < 4.78 is 21.7. The average Bonchev–Trinajstić information content (AvgIpc) is 3.30. The maximum absolute atomic E-state index is 12.3. The molecule has 4 rings (SSSR count). The molecular weight excluding hydrogens is 350 g/mol. The number of anilines is 1. The Kier molecular flexibility index (Phi) is 4.37. The summed E-state index contributed by atoms with van der Waals surface area (Å²) in [6.45, 7) is 4.06. The van der Waals surface area contributed by atoms with E-state index in [4.69, 9.17) is 18.6 Å². The van der Waals surface area contributed by atoms with E-state index in [1.807, 2.05) is 13.8 Å². The van der Waals surface area contributed by atoms with Crippen LogP contribution in [0.15, 0.2) is 46.9 Å². The van der Waals surface area contributed by atoms with Crippen molar-refractivity contribution in [2.75, 3.05) is 12.1 Å². The van der Waals surface area contributed by atoms with Gasteiger partial charge in [0.25, 0.3) is 5.91 Å². The summed E-state index contributed by atoms with van der Waals surface area (Å²) >= 11 is 0. The molecule has 2 aromatic carbocycles. The Bertz CT molecular complexity index is 966. The van der Waals surface area contributed by atoms with Gasteiger partial charge in [-0.25, -0.2) is 0 Å². The molecule has 0 fully saturated rings. The molecule has 1 N–H and O–H groups in total. The molecule has 2 heterocycles. The van der Waals surface area contributed by atoms with Crippen molar-refractivity contribution in [1.29, 1.82) is 0 Å². The SMILES string of the molecule is CC(C)Oc1ccc(C(=O)Nc2nnc(-c3ccc4c(c3)OCO4)o2)cc1. The van der Waals surface area contributed by atoms with Crippen molar-refractivity contribution in [1.82, 2.24) is 10.2 Å². The first-order chi connectivity index (χ1) is 13.1. The Morgan fingerprint density at radius 2 is 1.85 bits per heavy atom. The van der Waals surface area contributed by atoms with E-state index in [-0.39, 0.29) is 30.7 Å². The largest absolute Gasteiger partial charge is 0.491 e. The van der Waals surface area contributed by atoms with Gasteiger partial charge in [-0.3, -0.25) is 10.1 Å². The number of hydrogen-bond acceptors (Lipinski definition) is 7. The Morgan fingerprint density at radius 1 is 1.07 bits per heavy atom. The van der Waals surface area contributed by atoms with Crippen LogP contribution in [-0.4, -0.2) is 29.0 Å². The standard InChI is InChI=1S/C19H17N3O5/c1-11(2)26-14-6-3-12(4-7-14)17(23)20-19-22-21-18(27-19)13-5-8-15-16(9-13)25-10-24-15/h3-9,11H,10H2,1-2H3,(H,20,22,23). The van der Waals surface area contributed by atoms with E-state index in [9.17, 15) is 4.79 Å². The smallest absolute Gasteiger partial charge is 0.322 e. The second-order valence-corrected chi connectivity index (χ2v) is 6.13. The number of benzene rings is 2. The molecule has 1 aliphatic heterocycles. The van der Waals surface area contributed by atoms with Gasteiger partial charge in [-0.15, -0.1) is 5.10 Å². The zero-order valence-corrected chi connectivity index (χ0v) is 14.8. The number of ether oxygens (including phenoxy) is 3. The summed E-state index contributed by atoms with van der Waals surface area (Å²) in [5.74, 6) is 1.89. The predicted octanol–water partition coefficient (Wildman–Crippen LogP) is 3.50. The first kappa shape index (κ1) is 16.9. The quantitative estimate of drug-likeness (QED) is 0.737. The Balaban J connectivity index is 1.45. The molecule has 0 saturated carbocycles. The van der Waals surface area contributed by atoms with Crippen LogP contribution in [0.1, 0.15) is 24.2 Å². The zero-order chi connectivity index (χ0) is 18.8. The average molecular weight is 367 g/mol. The number of nitrogens with zero attached hydrogens (tertiary/aromatic N) is 2. The zero-order valence-electron chi connectivity index (χ0n) is 14.8. The third kappa shape index (κ3) is 3.69. The highest BCUT2D eigenvalue weighted by Gasteiger charge is 2.17. The van der Waals surface area contributed by atoms with Crippen LogP contribution in [0.25, 0.3) is 11.5 Å². The molecule has 0 bridgehead atoms. The number of amides is 1. The van der Waals surface area contributed by atoms with Crippen molar-refractivity contribution >= 4 is 11.9 Å². The van der Waals surface area contributed by atoms with Crippen molar-refractivity contribution in [2.45, 2.75) is 20.0 Å². The van der Waals surface area contributed by atoms with Gasteiger partial charge in [0, 0.05) is 11.1 Å². The van der Waals surface area contributed by atoms with Crippen molar-refractivity contribution in [3.8, 4) is 28.7 Å². The first-order valence-corrected chi connectivity index (χ1v) is 8.40. The van der Waals surface area contributed by atoms with Gasteiger partial charge in [0.2, 0.25) is 12.7 Å². The minimum absolute atomic E-state index is 0.00942. The molecule has 0 radical (unpaired) electrons. The highest BCUT2D eigenvalue weighted by molar-refractivity contribution is 6.03. The lowest BCUT2D eigenvalue weighted by molar-refractivity contribution is 0.102. The van der Waals surface area contributed by atoms with Crippen LogP contribution in [0.3, 0.4) is 0 Å². The molecule has 0 aliphatic carbocycles. The molecule has 8 heteroatoms. The summed E-state index contributed by atoms with van der Waals surface area (Å²) in [6, 6.07) is 12.1. The van der Waals surface area contributed by atoms with Gasteiger partial charge in [0.15, 0.2) is 11.5 Å². The third-order valence-corrected chi connectivity index (χ3v) is 3.75. The van der Waals surface area contributed by atoms with E-state index in [1.54, 1.807) is 42.5 Å². The van der Waals surface area contributed by atoms with E-state index < -0.39 is 0 Å². The second kappa shape index (κ2) is 6.99.